The van der Waals surface area contributed by atoms with Crippen LogP contribution in [-0.4, -0.2) is 26.2 Å². The van der Waals surface area contributed by atoms with Crippen molar-refractivity contribution in [3.8, 4) is 5.75 Å². The van der Waals surface area contributed by atoms with Crippen LogP contribution in [0.1, 0.15) is 38.2 Å². The molecule has 1 fully saturated rings. The number of nitrogens with one attached hydrogen (secondary N) is 1. The molecule has 0 aliphatic heterocycles. The molecule has 144 valence electrons. The Morgan fingerprint density at radius 3 is 2.41 bits per heavy atom. The topological polar surface area (TPSA) is 72.5 Å². The van der Waals surface area contributed by atoms with Gasteiger partial charge in [0.2, 0.25) is 0 Å². The van der Waals surface area contributed by atoms with Gasteiger partial charge < -0.3 is 10.1 Å². The Kier molecular flexibility index (Phi) is 6.16. The number of ether oxygens (including phenoxy) is 1. The lowest BCUT2D eigenvalue weighted by Crippen LogP contribution is -2.21. The summed E-state index contributed by atoms with van der Waals surface area (Å²) in [6, 6.07) is 14.0. The molecule has 0 heterocycles. The third-order valence-electron chi connectivity index (χ3n) is 4.92. The van der Waals surface area contributed by atoms with Crippen molar-refractivity contribution < 1.29 is 17.9 Å². The molecule has 0 bridgehead atoms. The van der Waals surface area contributed by atoms with Crippen LogP contribution in [0, 0.1) is 0 Å². The second-order valence-electron chi connectivity index (χ2n) is 6.77. The van der Waals surface area contributed by atoms with Gasteiger partial charge in [0.15, 0.2) is 16.4 Å². The number of rotatable bonds is 7. The fraction of sp³-hybridized carbons (Fsp3) is 0.381. The predicted molar refractivity (Wildman–Crippen MR) is 106 cm³/mol. The molecule has 2 aromatic carbocycles. The summed E-state index contributed by atoms with van der Waals surface area (Å²) in [7, 11) is -3.28. The molecule has 0 unspecified atom stereocenters. The smallest absolute Gasteiger partial charge is 0.262 e. The van der Waals surface area contributed by atoms with Gasteiger partial charge in [-0.3, -0.25) is 4.79 Å². The molecule has 3 rings (SSSR count). The molecular weight excluding hydrogens is 362 g/mol. The summed E-state index contributed by atoms with van der Waals surface area (Å²) in [4.78, 5) is 12.4. The summed E-state index contributed by atoms with van der Waals surface area (Å²) >= 11 is 0. The van der Waals surface area contributed by atoms with Crippen LogP contribution in [0.25, 0.3) is 0 Å². The number of benzene rings is 2. The summed E-state index contributed by atoms with van der Waals surface area (Å²) in [5, 5.41) is 2.47. The minimum Gasteiger partial charge on any atom is -0.483 e. The van der Waals surface area contributed by atoms with Crippen molar-refractivity contribution in [2.24, 2.45) is 0 Å². The maximum Gasteiger partial charge on any atom is 0.262 e. The van der Waals surface area contributed by atoms with E-state index in [1.165, 1.54) is 0 Å². The Morgan fingerprint density at radius 2 is 1.74 bits per heavy atom. The van der Waals surface area contributed by atoms with Crippen LogP contribution in [0.3, 0.4) is 0 Å². The molecule has 5 nitrogen and oxygen atoms in total. The maximum absolute atomic E-state index is 12.6. The molecule has 0 radical (unpaired) electrons. The molecule has 27 heavy (non-hydrogen) atoms. The zero-order valence-corrected chi connectivity index (χ0v) is 16.3. The highest BCUT2D eigenvalue weighted by molar-refractivity contribution is 7.92. The summed E-state index contributed by atoms with van der Waals surface area (Å²) in [5.41, 5.74) is 1.60. The van der Waals surface area contributed by atoms with E-state index in [9.17, 15) is 13.2 Å². The van der Waals surface area contributed by atoms with E-state index in [-0.39, 0.29) is 17.8 Å². The zero-order valence-electron chi connectivity index (χ0n) is 15.5. The van der Waals surface area contributed by atoms with Crippen molar-refractivity contribution in [2.75, 3.05) is 11.9 Å². The lowest BCUT2D eigenvalue weighted by atomic mass is 10.1. The highest BCUT2D eigenvalue weighted by atomic mass is 32.2. The van der Waals surface area contributed by atoms with Crippen LogP contribution in [0.5, 0.6) is 5.75 Å². The molecule has 1 amide bonds. The third-order valence-corrected chi connectivity index (χ3v) is 7.20. The lowest BCUT2D eigenvalue weighted by Gasteiger charge is -2.12. The molecule has 6 heteroatoms. The van der Waals surface area contributed by atoms with Gasteiger partial charge >= 0.3 is 0 Å². The van der Waals surface area contributed by atoms with Crippen molar-refractivity contribution in [1.29, 1.82) is 0 Å². The van der Waals surface area contributed by atoms with Gasteiger partial charge in [0, 0.05) is 5.69 Å². The molecule has 1 aliphatic rings. The van der Waals surface area contributed by atoms with E-state index in [1.807, 2.05) is 31.2 Å². The van der Waals surface area contributed by atoms with Crippen LogP contribution in [0.2, 0.25) is 0 Å². The molecule has 2 aromatic rings. The Hall–Kier alpha value is -2.34. The number of hydrogen-bond acceptors (Lipinski definition) is 4. The standard InChI is InChI=1S/C21H25NO4S/c1-2-16-7-3-6-10-20(16)26-15-21(23)22-17-11-13-19(14-12-17)27(24,25)18-8-4-5-9-18/h3,6-7,10-14,18H,2,4-5,8-9,15H2,1H3,(H,22,23). The van der Waals surface area contributed by atoms with Gasteiger partial charge in [-0.1, -0.05) is 38.0 Å². The number of anilines is 1. The highest BCUT2D eigenvalue weighted by Gasteiger charge is 2.30. The van der Waals surface area contributed by atoms with Gasteiger partial charge in [-0.05, 0) is 55.2 Å². The molecule has 1 N–H and O–H groups in total. The van der Waals surface area contributed by atoms with Crippen LogP contribution in [0.15, 0.2) is 53.4 Å². The van der Waals surface area contributed by atoms with Crippen LogP contribution in [-0.2, 0) is 21.1 Å². The van der Waals surface area contributed by atoms with Gasteiger partial charge in [-0.15, -0.1) is 0 Å². The highest BCUT2D eigenvalue weighted by Crippen LogP contribution is 2.30. The molecular formula is C21H25NO4S. The molecule has 0 atom stereocenters. The Morgan fingerprint density at radius 1 is 1.07 bits per heavy atom. The second-order valence-corrected chi connectivity index (χ2v) is 9.00. The fourth-order valence-corrected chi connectivity index (χ4v) is 5.25. The average molecular weight is 388 g/mol. The number of sulfone groups is 1. The minimum atomic E-state index is -3.28. The van der Waals surface area contributed by atoms with Crippen molar-refractivity contribution in [3.63, 3.8) is 0 Å². The largest absolute Gasteiger partial charge is 0.483 e. The summed E-state index contributed by atoms with van der Waals surface area (Å²) in [5.74, 6) is 0.417. The predicted octanol–water partition coefficient (Wildman–Crippen LogP) is 3.98. The van der Waals surface area contributed by atoms with Gasteiger partial charge in [-0.2, -0.15) is 0 Å². The van der Waals surface area contributed by atoms with Gasteiger partial charge in [0.1, 0.15) is 5.75 Å². The maximum atomic E-state index is 12.6. The van der Waals surface area contributed by atoms with E-state index < -0.39 is 9.84 Å². The van der Waals surface area contributed by atoms with Gasteiger partial charge in [0.25, 0.3) is 5.91 Å². The first kappa shape index (κ1) is 19.4. The third kappa shape index (κ3) is 4.69. The number of carbonyl (C=O) groups is 1. The van der Waals surface area contributed by atoms with Crippen LogP contribution >= 0.6 is 0 Å². The molecule has 1 saturated carbocycles. The SMILES string of the molecule is CCc1ccccc1OCC(=O)Nc1ccc(S(=O)(=O)C2CCCC2)cc1. The van der Waals surface area contributed by atoms with E-state index in [4.69, 9.17) is 4.74 Å². The number of carbonyl (C=O) groups excluding carboxylic acids is 1. The molecule has 1 aliphatic carbocycles. The Labute approximate surface area is 160 Å². The molecule has 0 spiro atoms. The van der Waals surface area contributed by atoms with Gasteiger partial charge in [-0.25, -0.2) is 8.42 Å². The van der Waals surface area contributed by atoms with Crippen LogP contribution in [0.4, 0.5) is 5.69 Å². The first-order valence-electron chi connectivity index (χ1n) is 9.35. The number of amides is 1. The second kappa shape index (κ2) is 8.57. The minimum absolute atomic E-state index is 0.0981. The summed E-state index contributed by atoms with van der Waals surface area (Å²) < 4.78 is 30.8. The quantitative estimate of drug-likeness (QED) is 0.780. The summed E-state index contributed by atoms with van der Waals surface area (Å²) in [6.45, 7) is 1.93. The van der Waals surface area contributed by atoms with E-state index >= 15 is 0 Å². The number of para-hydroxylation sites is 1. The van der Waals surface area contributed by atoms with E-state index in [2.05, 4.69) is 5.32 Å². The average Bonchev–Trinajstić information content (AvgIpc) is 3.23. The lowest BCUT2D eigenvalue weighted by molar-refractivity contribution is -0.118. The molecule has 0 aromatic heterocycles. The van der Waals surface area contributed by atoms with Crippen molar-refractivity contribution in [2.45, 2.75) is 49.2 Å². The van der Waals surface area contributed by atoms with Crippen molar-refractivity contribution in [3.05, 3.63) is 54.1 Å². The van der Waals surface area contributed by atoms with Crippen molar-refractivity contribution in [1.82, 2.24) is 0 Å². The number of hydrogen-bond donors (Lipinski definition) is 1. The fourth-order valence-electron chi connectivity index (χ4n) is 3.40. The normalized spacial score (nSPS) is 14.9. The Bertz CT molecular complexity index is 885. The summed E-state index contributed by atoms with van der Waals surface area (Å²) in [6.07, 6.45) is 4.24. The monoisotopic (exact) mass is 387 g/mol. The van der Waals surface area contributed by atoms with Crippen LogP contribution < -0.4 is 10.1 Å². The van der Waals surface area contributed by atoms with E-state index in [1.54, 1.807) is 24.3 Å². The van der Waals surface area contributed by atoms with E-state index in [0.717, 1.165) is 37.7 Å². The van der Waals surface area contributed by atoms with E-state index in [0.29, 0.717) is 16.3 Å². The first-order valence-corrected chi connectivity index (χ1v) is 10.9. The Balaban J connectivity index is 1.58. The molecule has 0 saturated heterocycles. The van der Waals surface area contributed by atoms with Crippen molar-refractivity contribution >= 4 is 21.4 Å². The zero-order chi connectivity index (χ0) is 19.3. The first-order chi connectivity index (χ1) is 13.0. The number of aryl methyl sites for hydroxylation is 1. The van der Waals surface area contributed by atoms with Gasteiger partial charge in [0.05, 0.1) is 10.1 Å².